The van der Waals surface area contributed by atoms with Crippen molar-refractivity contribution in [1.82, 2.24) is 20.4 Å². The van der Waals surface area contributed by atoms with E-state index in [4.69, 9.17) is 4.74 Å². The fourth-order valence-corrected chi connectivity index (χ4v) is 5.27. The molecule has 0 spiro atoms. The Morgan fingerprint density at radius 1 is 1.08 bits per heavy atom. The number of piperazine rings is 1. The highest BCUT2D eigenvalue weighted by Crippen LogP contribution is 2.35. The number of fused-ring (bicyclic) bond motifs is 1. The van der Waals surface area contributed by atoms with Gasteiger partial charge in [0.25, 0.3) is 5.91 Å². The third kappa shape index (κ3) is 5.48. The summed E-state index contributed by atoms with van der Waals surface area (Å²) in [5.74, 6) is -0.365. The van der Waals surface area contributed by atoms with E-state index < -0.39 is 17.4 Å². The number of hydrogen-bond donors (Lipinski definition) is 3. The van der Waals surface area contributed by atoms with Gasteiger partial charge < -0.3 is 25.2 Å². The minimum atomic E-state index is -0.985. The summed E-state index contributed by atoms with van der Waals surface area (Å²) in [6, 6.07) is 15.4. The summed E-state index contributed by atoms with van der Waals surface area (Å²) in [5.41, 5.74) is 0.968. The monoisotopic (exact) mass is 536 g/mol. The Hall–Kier alpha value is -3.96. The van der Waals surface area contributed by atoms with E-state index in [0.29, 0.717) is 32.2 Å². The van der Waals surface area contributed by atoms with Crippen molar-refractivity contribution in [3.8, 4) is 5.06 Å². The van der Waals surface area contributed by atoms with Gasteiger partial charge in [-0.25, -0.2) is 9.18 Å². The maximum atomic E-state index is 14.2. The third-order valence-electron chi connectivity index (χ3n) is 6.62. The first kappa shape index (κ1) is 25.7. The maximum absolute atomic E-state index is 14.2. The highest BCUT2D eigenvalue weighted by atomic mass is 32.1. The lowest BCUT2D eigenvalue weighted by Gasteiger charge is -2.34. The molecule has 5 rings (SSSR count). The van der Waals surface area contributed by atoms with Crippen molar-refractivity contribution in [1.29, 1.82) is 0 Å². The largest absolute Gasteiger partial charge is 0.414 e. The fraction of sp³-hybridized carbons (Fsp3) is 0.296. The molecule has 1 aliphatic heterocycles. The van der Waals surface area contributed by atoms with Crippen LogP contribution in [0.15, 0.2) is 54.6 Å². The molecule has 4 aromatic rings. The number of anilines is 2. The van der Waals surface area contributed by atoms with E-state index in [9.17, 15) is 14.0 Å². The molecule has 198 valence electrons. The molecule has 3 heterocycles. The van der Waals surface area contributed by atoms with E-state index in [2.05, 4.69) is 37.7 Å². The number of amides is 2. The molecule has 0 bridgehead atoms. The van der Waals surface area contributed by atoms with Crippen LogP contribution in [-0.2, 0) is 5.54 Å². The molecule has 1 fully saturated rings. The van der Waals surface area contributed by atoms with Crippen molar-refractivity contribution in [3.05, 3.63) is 71.5 Å². The second kappa shape index (κ2) is 10.4. The number of nitrogens with one attached hydrogen (secondary N) is 3. The number of rotatable bonds is 6. The van der Waals surface area contributed by atoms with Gasteiger partial charge in [-0.3, -0.25) is 9.89 Å². The molecule has 2 aromatic carbocycles. The van der Waals surface area contributed by atoms with Crippen molar-refractivity contribution in [2.75, 3.05) is 43.4 Å². The molecule has 2 amide bonds. The van der Waals surface area contributed by atoms with Crippen LogP contribution in [0.4, 0.5) is 20.7 Å². The summed E-state index contributed by atoms with van der Waals surface area (Å²) in [6.45, 7) is 7.31. The molecule has 1 aliphatic rings. The molecule has 9 nitrogen and oxygen atoms in total. The molecule has 0 radical (unpaired) electrons. The molecule has 38 heavy (non-hydrogen) atoms. The number of H-pyrrole nitrogens is 1. The van der Waals surface area contributed by atoms with Gasteiger partial charge in [0.1, 0.15) is 10.6 Å². The van der Waals surface area contributed by atoms with Gasteiger partial charge in [0.2, 0.25) is 0 Å². The van der Waals surface area contributed by atoms with Crippen LogP contribution in [0.2, 0.25) is 0 Å². The van der Waals surface area contributed by atoms with E-state index in [1.165, 1.54) is 17.4 Å². The van der Waals surface area contributed by atoms with Gasteiger partial charge >= 0.3 is 6.09 Å². The molecular weight excluding hydrogens is 507 g/mol. The first-order chi connectivity index (χ1) is 18.2. The van der Waals surface area contributed by atoms with Gasteiger partial charge in [-0.05, 0) is 51.2 Å². The van der Waals surface area contributed by atoms with Crippen LogP contribution in [0, 0.1) is 5.82 Å². The Balaban J connectivity index is 1.22. The number of ether oxygens (including phenoxy) is 1. The van der Waals surface area contributed by atoms with Crippen molar-refractivity contribution in [2.45, 2.75) is 19.4 Å². The average Bonchev–Trinajstić information content (AvgIpc) is 3.45. The summed E-state index contributed by atoms with van der Waals surface area (Å²) in [4.78, 5) is 30.7. The molecule has 3 N–H and O–H groups in total. The number of aromatic nitrogens is 2. The van der Waals surface area contributed by atoms with Gasteiger partial charge in [0.15, 0.2) is 10.9 Å². The Kier molecular flexibility index (Phi) is 7.04. The zero-order chi connectivity index (χ0) is 26.9. The standard InChI is InChI=1S/C27H29FN6O3S/c1-27(2,20-6-4-5-7-21(20)28)30-26(36)37-22-16-19-23(31-32-25(19)38-22)29-24(35)17-8-10-18(11-9-17)34-14-12-33(3)13-15-34/h4-11,16H,12-15H2,1-3H3,(H,30,36)(H2,29,31,32,35). The minimum Gasteiger partial charge on any atom is -0.399 e. The third-order valence-corrected chi connectivity index (χ3v) is 7.54. The molecular formula is C27H29FN6O3S. The first-order valence-electron chi connectivity index (χ1n) is 12.3. The van der Waals surface area contributed by atoms with Crippen LogP contribution in [0.3, 0.4) is 0 Å². The van der Waals surface area contributed by atoms with Gasteiger partial charge in [0.05, 0.1) is 10.9 Å². The van der Waals surface area contributed by atoms with Crippen molar-refractivity contribution in [3.63, 3.8) is 0 Å². The normalized spacial score (nSPS) is 14.5. The van der Waals surface area contributed by atoms with Crippen molar-refractivity contribution >= 4 is 45.1 Å². The molecule has 0 atom stereocenters. The lowest BCUT2D eigenvalue weighted by atomic mass is 9.94. The van der Waals surface area contributed by atoms with Crippen LogP contribution in [0.5, 0.6) is 5.06 Å². The molecule has 0 unspecified atom stereocenters. The zero-order valence-corrected chi connectivity index (χ0v) is 22.2. The average molecular weight is 537 g/mol. The van der Waals surface area contributed by atoms with Gasteiger partial charge in [0, 0.05) is 49.1 Å². The zero-order valence-electron chi connectivity index (χ0n) is 21.4. The smallest absolute Gasteiger partial charge is 0.399 e. The predicted octanol–water partition coefficient (Wildman–Crippen LogP) is 4.79. The summed E-state index contributed by atoms with van der Waals surface area (Å²) in [7, 11) is 2.11. The summed E-state index contributed by atoms with van der Waals surface area (Å²) < 4.78 is 19.7. The minimum absolute atomic E-state index is 0.290. The number of halogens is 1. The second-order valence-corrected chi connectivity index (χ2v) is 10.8. The molecule has 11 heteroatoms. The van der Waals surface area contributed by atoms with Crippen LogP contribution in [-0.4, -0.2) is 60.3 Å². The van der Waals surface area contributed by atoms with Crippen LogP contribution in [0.25, 0.3) is 10.2 Å². The van der Waals surface area contributed by atoms with Gasteiger partial charge in [-0.1, -0.05) is 29.5 Å². The molecule has 2 aromatic heterocycles. The van der Waals surface area contributed by atoms with E-state index in [-0.39, 0.29) is 5.91 Å². The quantitative estimate of drug-likeness (QED) is 0.328. The lowest BCUT2D eigenvalue weighted by Crippen LogP contribution is -2.44. The SMILES string of the molecule is CN1CCN(c2ccc(C(=O)Nc3n[nH]c4sc(OC(=O)NC(C)(C)c5ccccc5F)cc34)cc2)CC1. The van der Waals surface area contributed by atoms with E-state index in [0.717, 1.165) is 31.9 Å². The highest BCUT2D eigenvalue weighted by molar-refractivity contribution is 7.20. The number of nitrogens with zero attached hydrogens (tertiary/aromatic N) is 3. The number of hydrogen-bond acceptors (Lipinski definition) is 7. The summed E-state index contributed by atoms with van der Waals surface area (Å²) >= 11 is 1.18. The van der Waals surface area contributed by atoms with Crippen molar-refractivity contribution < 1.29 is 18.7 Å². The van der Waals surface area contributed by atoms with Crippen LogP contribution in [0.1, 0.15) is 29.8 Å². The fourth-order valence-electron chi connectivity index (χ4n) is 4.42. The molecule has 1 saturated heterocycles. The summed E-state index contributed by atoms with van der Waals surface area (Å²) in [5, 5.41) is 13.5. The number of aromatic amines is 1. The lowest BCUT2D eigenvalue weighted by molar-refractivity contribution is 0.102. The number of benzene rings is 2. The Bertz CT molecular complexity index is 1460. The topological polar surface area (TPSA) is 103 Å². The van der Waals surface area contributed by atoms with Gasteiger partial charge in [-0.15, -0.1) is 0 Å². The predicted molar refractivity (Wildman–Crippen MR) is 147 cm³/mol. The number of thiophene rings is 1. The van der Waals surface area contributed by atoms with E-state index >= 15 is 0 Å². The van der Waals surface area contributed by atoms with Crippen LogP contribution >= 0.6 is 11.3 Å². The Labute approximate surface area is 223 Å². The van der Waals surface area contributed by atoms with Crippen molar-refractivity contribution in [2.24, 2.45) is 0 Å². The molecule has 0 aliphatic carbocycles. The van der Waals surface area contributed by atoms with Gasteiger partial charge in [-0.2, -0.15) is 5.10 Å². The molecule has 0 saturated carbocycles. The highest BCUT2D eigenvalue weighted by Gasteiger charge is 2.27. The first-order valence-corrected chi connectivity index (χ1v) is 13.1. The number of carbonyl (C=O) groups is 2. The summed E-state index contributed by atoms with van der Waals surface area (Å²) in [6.07, 6.45) is -0.721. The van der Waals surface area contributed by atoms with E-state index in [1.807, 2.05) is 12.1 Å². The Morgan fingerprint density at radius 2 is 1.79 bits per heavy atom. The Morgan fingerprint density at radius 3 is 2.50 bits per heavy atom. The number of carbonyl (C=O) groups excluding carboxylic acids is 2. The maximum Gasteiger partial charge on any atom is 0.414 e. The number of likely N-dealkylation sites (N-methyl/N-ethyl adjacent to an activating group) is 1. The van der Waals surface area contributed by atoms with E-state index in [1.54, 1.807) is 50.2 Å². The second-order valence-electron chi connectivity index (χ2n) is 9.79. The van der Waals surface area contributed by atoms with Crippen LogP contribution < -0.4 is 20.3 Å².